The van der Waals surface area contributed by atoms with Crippen LogP contribution in [0, 0.1) is 0 Å². The van der Waals surface area contributed by atoms with Gasteiger partial charge in [0.15, 0.2) is 0 Å². The third-order valence-corrected chi connectivity index (χ3v) is 3.90. The molecule has 0 saturated heterocycles. The summed E-state index contributed by atoms with van der Waals surface area (Å²) in [7, 11) is 0. The van der Waals surface area contributed by atoms with E-state index in [2.05, 4.69) is 48.5 Å². The van der Waals surface area contributed by atoms with Gasteiger partial charge >= 0.3 is 0 Å². The Morgan fingerprint density at radius 2 is 1.53 bits per heavy atom. The van der Waals surface area contributed by atoms with Crippen LogP contribution < -0.4 is 0 Å². The van der Waals surface area contributed by atoms with Gasteiger partial charge in [-0.2, -0.15) is 0 Å². The first-order valence-corrected chi connectivity index (χ1v) is 6.24. The van der Waals surface area contributed by atoms with E-state index >= 15 is 0 Å². The highest BCUT2D eigenvalue weighted by atomic mass is 32.2. The van der Waals surface area contributed by atoms with Crippen LogP contribution in [0.25, 0.3) is 11.1 Å². The van der Waals surface area contributed by atoms with Crippen LogP contribution in [0.3, 0.4) is 0 Å². The van der Waals surface area contributed by atoms with Crippen molar-refractivity contribution in [1.82, 2.24) is 0 Å². The van der Waals surface area contributed by atoms with E-state index in [1.54, 1.807) is 0 Å². The molecule has 0 bridgehead atoms. The third kappa shape index (κ3) is 1.57. The van der Waals surface area contributed by atoms with Crippen LogP contribution in [0.1, 0.15) is 5.56 Å². The quantitative estimate of drug-likeness (QED) is 0.636. The summed E-state index contributed by atoms with van der Waals surface area (Å²) >= 11 is 1.97. The van der Waals surface area contributed by atoms with Gasteiger partial charge in [0.2, 0.25) is 0 Å². The van der Waals surface area contributed by atoms with E-state index in [0.717, 1.165) is 0 Å². The van der Waals surface area contributed by atoms with Crippen LogP contribution in [0.2, 0.25) is 0 Å². The highest BCUT2D eigenvalue weighted by Gasteiger charge is 2.12. The van der Waals surface area contributed by atoms with E-state index in [1.165, 1.54) is 33.8 Å². The first-order valence-electron chi connectivity index (χ1n) is 5.25. The lowest BCUT2D eigenvalue weighted by molar-refractivity contribution is 1.17. The minimum atomic E-state index is 1.18. The Balaban J connectivity index is 2.27. The minimum absolute atomic E-state index is 1.18. The molecule has 0 spiro atoms. The lowest BCUT2D eigenvalue weighted by Crippen LogP contribution is -1.87. The van der Waals surface area contributed by atoms with Crippen molar-refractivity contribution >= 4 is 11.8 Å². The zero-order valence-corrected chi connectivity index (χ0v) is 9.26. The summed E-state index contributed by atoms with van der Waals surface area (Å²) in [6.45, 7) is 0. The fourth-order valence-electron chi connectivity index (χ4n) is 2.09. The molecule has 0 nitrogen and oxygen atoms in total. The van der Waals surface area contributed by atoms with Crippen molar-refractivity contribution in [3.63, 3.8) is 0 Å². The molecule has 1 heteroatoms. The molecule has 3 rings (SSSR count). The third-order valence-electron chi connectivity index (χ3n) is 2.82. The molecule has 0 atom stereocenters. The molecule has 2 aromatic carbocycles. The Hall–Kier alpha value is -1.21. The van der Waals surface area contributed by atoms with Crippen molar-refractivity contribution in [2.45, 2.75) is 11.3 Å². The second kappa shape index (κ2) is 3.74. The molecule has 1 aliphatic heterocycles. The van der Waals surface area contributed by atoms with Crippen LogP contribution in [-0.4, -0.2) is 5.75 Å². The molecule has 15 heavy (non-hydrogen) atoms. The SMILES string of the molecule is c1ccc2c(c1)CCSc1ccccc1-2. The summed E-state index contributed by atoms with van der Waals surface area (Å²) in [4.78, 5) is 1.42. The largest absolute Gasteiger partial charge is 0.125 e. The predicted octanol–water partition coefficient (Wildman–Crippen LogP) is 4.00. The average Bonchev–Trinajstić information content (AvgIpc) is 2.48. The molecule has 74 valence electrons. The van der Waals surface area contributed by atoms with E-state index < -0.39 is 0 Å². The van der Waals surface area contributed by atoms with E-state index in [4.69, 9.17) is 0 Å². The Kier molecular flexibility index (Phi) is 2.26. The van der Waals surface area contributed by atoms with Gasteiger partial charge in [-0.3, -0.25) is 0 Å². The molecule has 0 unspecified atom stereocenters. The first kappa shape index (κ1) is 9.05. The van der Waals surface area contributed by atoms with Gasteiger partial charge in [-0.15, -0.1) is 11.8 Å². The fourth-order valence-corrected chi connectivity index (χ4v) is 3.14. The molecule has 2 aromatic rings. The zero-order chi connectivity index (χ0) is 10.1. The molecule has 1 aliphatic rings. The summed E-state index contributed by atoms with van der Waals surface area (Å²) in [5.41, 5.74) is 4.30. The van der Waals surface area contributed by atoms with Gasteiger partial charge in [0.25, 0.3) is 0 Å². The van der Waals surface area contributed by atoms with Crippen LogP contribution in [-0.2, 0) is 6.42 Å². The van der Waals surface area contributed by atoms with Crippen LogP contribution in [0.15, 0.2) is 53.4 Å². The maximum atomic E-state index is 2.25. The molecule has 0 N–H and O–H groups in total. The molecule has 0 amide bonds. The smallest absolute Gasteiger partial charge is 0.0151 e. The lowest BCUT2D eigenvalue weighted by Gasteiger charge is -2.07. The van der Waals surface area contributed by atoms with Crippen LogP contribution in [0.4, 0.5) is 0 Å². The molecule has 0 aromatic heterocycles. The Morgan fingerprint density at radius 1 is 0.800 bits per heavy atom. The van der Waals surface area contributed by atoms with E-state index in [0.29, 0.717) is 0 Å². The molecular formula is C14H12S. The van der Waals surface area contributed by atoms with Gasteiger partial charge in [0.05, 0.1) is 0 Å². The van der Waals surface area contributed by atoms with Gasteiger partial charge in [-0.25, -0.2) is 0 Å². The van der Waals surface area contributed by atoms with Gasteiger partial charge in [-0.05, 0) is 29.2 Å². The number of hydrogen-bond acceptors (Lipinski definition) is 1. The molecular weight excluding hydrogens is 200 g/mol. The first-order chi connectivity index (χ1) is 7.45. The number of aryl methyl sites for hydroxylation is 1. The van der Waals surface area contributed by atoms with Gasteiger partial charge in [0.1, 0.15) is 0 Å². The summed E-state index contributed by atoms with van der Waals surface area (Å²) in [5, 5.41) is 0. The van der Waals surface area contributed by atoms with Crippen molar-refractivity contribution in [3.8, 4) is 11.1 Å². The number of thioether (sulfide) groups is 1. The Morgan fingerprint density at radius 3 is 2.47 bits per heavy atom. The molecule has 0 fully saturated rings. The lowest BCUT2D eigenvalue weighted by atomic mass is 9.98. The number of hydrogen-bond donors (Lipinski definition) is 0. The van der Waals surface area contributed by atoms with Gasteiger partial charge < -0.3 is 0 Å². The normalized spacial score (nSPS) is 13.9. The maximum Gasteiger partial charge on any atom is 0.0151 e. The predicted molar refractivity (Wildman–Crippen MR) is 66.3 cm³/mol. The van der Waals surface area contributed by atoms with Crippen molar-refractivity contribution in [2.75, 3.05) is 5.75 Å². The van der Waals surface area contributed by atoms with E-state index in [-0.39, 0.29) is 0 Å². The topological polar surface area (TPSA) is 0 Å². The zero-order valence-electron chi connectivity index (χ0n) is 8.44. The van der Waals surface area contributed by atoms with Gasteiger partial charge in [-0.1, -0.05) is 42.5 Å². The summed E-state index contributed by atoms with van der Waals surface area (Å²) in [6, 6.07) is 17.5. The second-order valence-corrected chi connectivity index (χ2v) is 4.89. The standard InChI is InChI=1S/C14H12S/c1-2-6-12-11(5-1)9-10-15-14-8-4-3-7-13(12)14/h1-8H,9-10H2. The van der Waals surface area contributed by atoms with E-state index in [9.17, 15) is 0 Å². The van der Waals surface area contributed by atoms with Crippen molar-refractivity contribution < 1.29 is 0 Å². The Labute approximate surface area is 94.3 Å². The number of rotatable bonds is 0. The second-order valence-electron chi connectivity index (χ2n) is 3.75. The van der Waals surface area contributed by atoms with Crippen LogP contribution >= 0.6 is 11.8 Å². The molecule has 1 heterocycles. The fraction of sp³-hybridized carbons (Fsp3) is 0.143. The molecule has 0 saturated carbocycles. The number of benzene rings is 2. The van der Waals surface area contributed by atoms with Gasteiger partial charge in [0, 0.05) is 10.6 Å². The summed E-state index contributed by atoms with van der Waals surface area (Å²) < 4.78 is 0. The summed E-state index contributed by atoms with van der Waals surface area (Å²) in [6.07, 6.45) is 1.18. The van der Waals surface area contributed by atoms with E-state index in [1.807, 2.05) is 11.8 Å². The Bertz CT molecular complexity index is 443. The van der Waals surface area contributed by atoms with Crippen LogP contribution in [0.5, 0.6) is 0 Å². The van der Waals surface area contributed by atoms with Crippen molar-refractivity contribution in [2.24, 2.45) is 0 Å². The number of fused-ring (bicyclic) bond motifs is 3. The minimum Gasteiger partial charge on any atom is -0.125 e. The molecule has 0 radical (unpaired) electrons. The highest BCUT2D eigenvalue weighted by molar-refractivity contribution is 7.99. The maximum absolute atomic E-state index is 2.25. The average molecular weight is 212 g/mol. The highest BCUT2D eigenvalue weighted by Crippen LogP contribution is 2.36. The molecule has 0 aliphatic carbocycles. The summed E-state index contributed by atoms with van der Waals surface area (Å²) in [5.74, 6) is 1.19. The van der Waals surface area contributed by atoms with Crippen molar-refractivity contribution in [1.29, 1.82) is 0 Å². The van der Waals surface area contributed by atoms with Crippen molar-refractivity contribution in [3.05, 3.63) is 54.1 Å². The monoisotopic (exact) mass is 212 g/mol.